The molecule has 0 unspecified atom stereocenters. The molecule has 3 nitrogen and oxygen atoms in total. The number of guanidine groups is 1. The minimum atomic E-state index is 0.0678. The number of benzene rings is 2. The van der Waals surface area contributed by atoms with Crippen LogP contribution in [0.25, 0.3) is 10.8 Å². The molecule has 0 fully saturated rings. The SMILES string of the molecule is NC(N)=Nc1cccc2cccc(Br)c12. The van der Waals surface area contributed by atoms with Crippen molar-refractivity contribution in [3.8, 4) is 0 Å². The minimum Gasteiger partial charge on any atom is -0.370 e. The average molecular weight is 264 g/mol. The third-order valence-electron chi connectivity index (χ3n) is 2.08. The van der Waals surface area contributed by atoms with Gasteiger partial charge in [0.05, 0.1) is 5.69 Å². The first-order valence-corrected chi connectivity index (χ1v) is 5.24. The smallest absolute Gasteiger partial charge is 0.191 e. The Morgan fingerprint density at radius 2 is 1.73 bits per heavy atom. The van der Waals surface area contributed by atoms with E-state index in [4.69, 9.17) is 11.5 Å². The molecule has 0 saturated heterocycles. The van der Waals surface area contributed by atoms with Crippen LogP contribution >= 0.6 is 15.9 Å². The van der Waals surface area contributed by atoms with Gasteiger partial charge in [0.15, 0.2) is 5.96 Å². The van der Waals surface area contributed by atoms with Gasteiger partial charge in [0.1, 0.15) is 0 Å². The number of aliphatic imine (C=N–C) groups is 1. The molecule has 2 rings (SSSR count). The van der Waals surface area contributed by atoms with Crippen LogP contribution < -0.4 is 11.5 Å². The van der Waals surface area contributed by atoms with Gasteiger partial charge in [0.25, 0.3) is 0 Å². The van der Waals surface area contributed by atoms with Gasteiger partial charge >= 0.3 is 0 Å². The van der Waals surface area contributed by atoms with E-state index in [1.807, 2.05) is 36.4 Å². The quantitative estimate of drug-likeness (QED) is 0.614. The monoisotopic (exact) mass is 263 g/mol. The lowest BCUT2D eigenvalue weighted by molar-refractivity contribution is 1.44. The number of halogens is 1. The Kier molecular flexibility index (Phi) is 2.60. The summed E-state index contributed by atoms with van der Waals surface area (Å²) in [5, 5.41) is 2.13. The third-order valence-corrected chi connectivity index (χ3v) is 2.74. The van der Waals surface area contributed by atoms with Crippen molar-refractivity contribution in [2.45, 2.75) is 0 Å². The van der Waals surface area contributed by atoms with Gasteiger partial charge in [-0.1, -0.05) is 40.2 Å². The van der Waals surface area contributed by atoms with Gasteiger partial charge in [0, 0.05) is 9.86 Å². The van der Waals surface area contributed by atoms with Crippen molar-refractivity contribution < 1.29 is 0 Å². The molecule has 0 radical (unpaired) electrons. The topological polar surface area (TPSA) is 64.4 Å². The van der Waals surface area contributed by atoms with E-state index in [0.29, 0.717) is 0 Å². The van der Waals surface area contributed by atoms with Crippen LogP contribution in [0.3, 0.4) is 0 Å². The molecule has 0 spiro atoms. The molecular weight excluding hydrogens is 254 g/mol. The Morgan fingerprint density at radius 1 is 1.07 bits per heavy atom. The van der Waals surface area contributed by atoms with E-state index >= 15 is 0 Å². The highest BCUT2D eigenvalue weighted by molar-refractivity contribution is 9.10. The maximum atomic E-state index is 5.38. The fourth-order valence-corrected chi connectivity index (χ4v) is 2.09. The molecule has 0 aromatic heterocycles. The second kappa shape index (κ2) is 3.90. The second-order valence-electron chi connectivity index (χ2n) is 3.15. The van der Waals surface area contributed by atoms with Crippen LogP contribution in [-0.2, 0) is 0 Å². The van der Waals surface area contributed by atoms with Crippen LogP contribution in [0, 0.1) is 0 Å². The standard InChI is InChI=1S/C11H10BrN3/c12-8-5-1-3-7-4-2-6-9(10(7)8)15-11(13)14/h1-6H,(H4,13,14,15). The predicted octanol–water partition coefficient (Wildman–Crippen LogP) is 2.51. The van der Waals surface area contributed by atoms with Gasteiger partial charge in [-0.15, -0.1) is 0 Å². The van der Waals surface area contributed by atoms with Gasteiger partial charge in [0.2, 0.25) is 0 Å². The Hall–Kier alpha value is -1.55. The maximum Gasteiger partial charge on any atom is 0.191 e. The van der Waals surface area contributed by atoms with Crippen LogP contribution in [-0.4, -0.2) is 5.96 Å². The van der Waals surface area contributed by atoms with Gasteiger partial charge < -0.3 is 11.5 Å². The van der Waals surface area contributed by atoms with E-state index in [9.17, 15) is 0 Å². The Bertz CT molecular complexity index is 525. The first kappa shape index (κ1) is 9.98. The Morgan fingerprint density at radius 3 is 2.40 bits per heavy atom. The van der Waals surface area contributed by atoms with Crippen molar-refractivity contribution in [1.82, 2.24) is 0 Å². The van der Waals surface area contributed by atoms with Crippen LogP contribution in [0.2, 0.25) is 0 Å². The largest absolute Gasteiger partial charge is 0.370 e. The molecule has 2 aromatic carbocycles. The van der Waals surface area contributed by atoms with Crippen molar-refractivity contribution in [3.63, 3.8) is 0 Å². The Balaban J connectivity index is 2.80. The molecule has 15 heavy (non-hydrogen) atoms. The number of fused-ring (bicyclic) bond motifs is 1. The molecule has 0 amide bonds. The van der Waals surface area contributed by atoms with Crippen molar-refractivity contribution >= 4 is 38.3 Å². The normalized spacial score (nSPS) is 10.2. The third kappa shape index (κ3) is 1.94. The molecule has 0 atom stereocenters. The highest BCUT2D eigenvalue weighted by Crippen LogP contribution is 2.32. The zero-order chi connectivity index (χ0) is 10.8. The van der Waals surface area contributed by atoms with Gasteiger partial charge in [-0.3, -0.25) is 0 Å². The fraction of sp³-hybridized carbons (Fsp3) is 0. The van der Waals surface area contributed by atoms with E-state index in [-0.39, 0.29) is 5.96 Å². The van der Waals surface area contributed by atoms with Crippen LogP contribution in [0.4, 0.5) is 5.69 Å². The summed E-state index contributed by atoms with van der Waals surface area (Å²) in [6.07, 6.45) is 0. The lowest BCUT2D eigenvalue weighted by Gasteiger charge is -2.04. The second-order valence-corrected chi connectivity index (χ2v) is 4.01. The summed E-state index contributed by atoms with van der Waals surface area (Å²) in [5.41, 5.74) is 11.5. The minimum absolute atomic E-state index is 0.0678. The van der Waals surface area contributed by atoms with Crippen molar-refractivity contribution in [2.75, 3.05) is 0 Å². The lowest BCUT2D eigenvalue weighted by Crippen LogP contribution is -2.21. The summed E-state index contributed by atoms with van der Waals surface area (Å²) < 4.78 is 0.987. The molecule has 0 bridgehead atoms. The molecule has 0 saturated carbocycles. The van der Waals surface area contributed by atoms with Gasteiger partial charge in [-0.05, 0) is 17.5 Å². The molecule has 0 aliphatic heterocycles. The summed E-state index contributed by atoms with van der Waals surface area (Å²) in [5.74, 6) is 0.0678. The van der Waals surface area contributed by atoms with Crippen LogP contribution in [0.15, 0.2) is 45.9 Å². The number of hydrogen-bond donors (Lipinski definition) is 2. The van der Waals surface area contributed by atoms with Crippen LogP contribution in [0.5, 0.6) is 0 Å². The van der Waals surface area contributed by atoms with E-state index in [0.717, 1.165) is 20.9 Å². The van der Waals surface area contributed by atoms with E-state index in [1.165, 1.54) is 0 Å². The molecule has 0 heterocycles. The van der Waals surface area contributed by atoms with E-state index in [1.54, 1.807) is 0 Å². The zero-order valence-electron chi connectivity index (χ0n) is 7.94. The molecule has 0 aliphatic carbocycles. The summed E-state index contributed by atoms with van der Waals surface area (Å²) in [6, 6.07) is 11.8. The number of nitrogens with zero attached hydrogens (tertiary/aromatic N) is 1. The van der Waals surface area contributed by atoms with Crippen LogP contribution in [0.1, 0.15) is 0 Å². The summed E-state index contributed by atoms with van der Waals surface area (Å²) >= 11 is 3.49. The average Bonchev–Trinajstić information content (AvgIpc) is 2.17. The maximum absolute atomic E-state index is 5.38. The van der Waals surface area contributed by atoms with E-state index in [2.05, 4.69) is 20.9 Å². The summed E-state index contributed by atoms with van der Waals surface area (Å²) in [4.78, 5) is 4.09. The van der Waals surface area contributed by atoms with Crippen molar-refractivity contribution in [1.29, 1.82) is 0 Å². The molecule has 0 aliphatic rings. The van der Waals surface area contributed by atoms with Crippen molar-refractivity contribution in [2.24, 2.45) is 16.5 Å². The first-order valence-electron chi connectivity index (χ1n) is 4.45. The first-order chi connectivity index (χ1) is 7.18. The Labute approximate surface area is 95.9 Å². The number of hydrogen-bond acceptors (Lipinski definition) is 1. The van der Waals surface area contributed by atoms with Crippen molar-refractivity contribution in [3.05, 3.63) is 40.9 Å². The van der Waals surface area contributed by atoms with E-state index < -0.39 is 0 Å². The lowest BCUT2D eigenvalue weighted by atomic mass is 10.1. The highest BCUT2D eigenvalue weighted by atomic mass is 79.9. The highest BCUT2D eigenvalue weighted by Gasteiger charge is 2.03. The van der Waals surface area contributed by atoms with Gasteiger partial charge in [-0.25, -0.2) is 4.99 Å². The molecule has 2 aromatic rings. The fourth-order valence-electron chi connectivity index (χ4n) is 1.51. The molecule has 4 heteroatoms. The number of nitrogens with two attached hydrogens (primary N) is 2. The van der Waals surface area contributed by atoms with Gasteiger partial charge in [-0.2, -0.15) is 0 Å². The zero-order valence-corrected chi connectivity index (χ0v) is 9.53. The summed E-state index contributed by atoms with van der Waals surface area (Å²) in [6.45, 7) is 0. The number of rotatable bonds is 1. The predicted molar refractivity (Wildman–Crippen MR) is 67.1 cm³/mol. The summed E-state index contributed by atoms with van der Waals surface area (Å²) in [7, 11) is 0. The molecular formula is C11H10BrN3. The molecule has 4 N–H and O–H groups in total. The molecule has 76 valence electrons.